The molecule has 0 bridgehead atoms. The van der Waals surface area contributed by atoms with Crippen LogP contribution in [0.25, 0.3) is 0 Å². The van der Waals surface area contributed by atoms with Gasteiger partial charge < -0.3 is 10.2 Å². The van der Waals surface area contributed by atoms with Crippen molar-refractivity contribution in [3.8, 4) is 0 Å². The van der Waals surface area contributed by atoms with Gasteiger partial charge in [0, 0.05) is 18.8 Å². The first-order valence-electron chi connectivity index (χ1n) is 6.08. The van der Waals surface area contributed by atoms with E-state index in [0.717, 1.165) is 12.1 Å². The van der Waals surface area contributed by atoms with Crippen LogP contribution < -0.4 is 10.2 Å². The third kappa shape index (κ3) is 4.56. The minimum atomic E-state index is -4.18. The lowest BCUT2D eigenvalue weighted by Gasteiger charge is -2.26. The summed E-state index contributed by atoms with van der Waals surface area (Å²) in [7, 11) is 0. The van der Waals surface area contributed by atoms with Crippen molar-refractivity contribution in [1.29, 1.82) is 0 Å². The molecule has 0 fully saturated rings. The summed E-state index contributed by atoms with van der Waals surface area (Å²) in [5.41, 5.74) is 1.55. The number of hydrogen-bond acceptors (Lipinski definition) is 2. The van der Waals surface area contributed by atoms with Crippen molar-refractivity contribution < 1.29 is 13.2 Å². The first kappa shape index (κ1) is 14.8. The van der Waals surface area contributed by atoms with Crippen LogP contribution in [-0.2, 0) is 6.54 Å². The summed E-state index contributed by atoms with van der Waals surface area (Å²) < 4.78 is 37.5. The summed E-state index contributed by atoms with van der Waals surface area (Å²) in [5.74, 6) is 0. The summed E-state index contributed by atoms with van der Waals surface area (Å²) in [6.07, 6.45) is -4.18. The molecule has 0 saturated heterocycles. The van der Waals surface area contributed by atoms with Crippen LogP contribution in [0.1, 0.15) is 19.4 Å². The Morgan fingerprint density at radius 3 is 2.39 bits per heavy atom. The Hall–Kier alpha value is -1.23. The van der Waals surface area contributed by atoms with Gasteiger partial charge in [-0.3, -0.25) is 0 Å². The van der Waals surface area contributed by atoms with Gasteiger partial charge in [-0.1, -0.05) is 25.1 Å². The minimum absolute atomic E-state index is 0.336. The van der Waals surface area contributed by atoms with E-state index in [4.69, 9.17) is 0 Å². The first-order valence-corrected chi connectivity index (χ1v) is 6.08. The second kappa shape index (κ2) is 6.64. The first-order chi connectivity index (χ1) is 8.48. The number of nitrogens with zero attached hydrogens (tertiary/aromatic N) is 1. The largest absolute Gasteiger partial charge is 0.405 e. The molecule has 0 radical (unpaired) electrons. The van der Waals surface area contributed by atoms with Gasteiger partial charge in [0.05, 0.1) is 0 Å². The van der Waals surface area contributed by atoms with Gasteiger partial charge in [0.2, 0.25) is 0 Å². The lowest BCUT2D eigenvalue weighted by molar-refractivity contribution is -0.119. The predicted octanol–water partition coefficient (Wildman–Crippen LogP) is 3.18. The average molecular weight is 260 g/mol. The normalized spacial score (nSPS) is 11.6. The Morgan fingerprint density at radius 1 is 1.17 bits per heavy atom. The summed E-state index contributed by atoms with van der Waals surface area (Å²) in [6.45, 7) is 4.50. The molecule has 0 amide bonds. The molecule has 0 aliphatic heterocycles. The standard InChI is InChI=1S/C13H19F3N2/c1-3-17-9-11-7-5-6-8-12(11)18(4-2)10-13(14,15)16/h5-8,17H,3-4,9-10H2,1-2H3. The van der Waals surface area contributed by atoms with Crippen LogP contribution in [0.4, 0.5) is 18.9 Å². The molecule has 5 heteroatoms. The number of alkyl halides is 3. The quantitative estimate of drug-likeness (QED) is 0.845. The van der Waals surface area contributed by atoms with Crippen LogP contribution in [0.3, 0.4) is 0 Å². The van der Waals surface area contributed by atoms with E-state index in [-0.39, 0.29) is 0 Å². The van der Waals surface area contributed by atoms with Crippen LogP contribution in [0.5, 0.6) is 0 Å². The zero-order valence-corrected chi connectivity index (χ0v) is 10.7. The van der Waals surface area contributed by atoms with Crippen molar-refractivity contribution in [2.24, 2.45) is 0 Å². The van der Waals surface area contributed by atoms with E-state index in [9.17, 15) is 13.2 Å². The van der Waals surface area contributed by atoms with Gasteiger partial charge in [-0.25, -0.2) is 0 Å². The van der Waals surface area contributed by atoms with Gasteiger partial charge in [0.15, 0.2) is 0 Å². The van der Waals surface area contributed by atoms with Gasteiger partial charge in [-0.2, -0.15) is 13.2 Å². The summed E-state index contributed by atoms with van der Waals surface area (Å²) in [5, 5.41) is 3.14. The van der Waals surface area contributed by atoms with E-state index in [1.54, 1.807) is 19.1 Å². The second-order valence-corrected chi connectivity index (χ2v) is 4.04. The fourth-order valence-corrected chi connectivity index (χ4v) is 1.81. The fourth-order valence-electron chi connectivity index (χ4n) is 1.81. The van der Waals surface area contributed by atoms with Gasteiger partial charge in [-0.05, 0) is 25.1 Å². The lowest BCUT2D eigenvalue weighted by Crippen LogP contribution is -2.35. The molecule has 1 aromatic carbocycles. The summed E-state index contributed by atoms with van der Waals surface area (Å²) in [6, 6.07) is 7.21. The van der Waals surface area contributed by atoms with E-state index in [2.05, 4.69) is 5.32 Å². The fraction of sp³-hybridized carbons (Fsp3) is 0.538. The molecule has 0 saturated carbocycles. The van der Waals surface area contributed by atoms with Crippen molar-refractivity contribution in [3.63, 3.8) is 0 Å². The molecule has 2 nitrogen and oxygen atoms in total. The third-order valence-electron chi connectivity index (χ3n) is 2.65. The van der Waals surface area contributed by atoms with Gasteiger partial charge in [0.25, 0.3) is 0 Å². The molecule has 0 atom stereocenters. The number of hydrogen-bond donors (Lipinski definition) is 1. The van der Waals surface area contributed by atoms with Crippen molar-refractivity contribution >= 4 is 5.69 Å². The predicted molar refractivity (Wildman–Crippen MR) is 67.8 cm³/mol. The number of rotatable bonds is 6. The molecule has 0 spiro atoms. The Balaban J connectivity index is 2.90. The Morgan fingerprint density at radius 2 is 1.83 bits per heavy atom. The molecule has 0 unspecified atom stereocenters. The molecule has 0 aliphatic carbocycles. The van der Waals surface area contributed by atoms with Crippen LogP contribution >= 0.6 is 0 Å². The van der Waals surface area contributed by atoms with Gasteiger partial charge >= 0.3 is 6.18 Å². The summed E-state index contributed by atoms with van der Waals surface area (Å²) >= 11 is 0. The molecule has 0 aliphatic rings. The minimum Gasteiger partial charge on any atom is -0.363 e. The molecular weight excluding hydrogens is 241 g/mol. The van der Waals surface area contributed by atoms with Gasteiger partial charge in [0.1, 0.15) is 6.54 Å². The topological polar surface area (TPSA) is 15.3 Å². The zero-order valence-electron chi connectivity index (χ0n) is 10.7. The highest BCUT2D eigenvalue weighted by molar-refractivity contribution is 5.53. The number of benzene rings is 1. The van der Waals surface area contributed by atoms with E-state index < -0.39 is 12.7 Å². The molecular formula is C13H19F3N2. The van der Waals surface area contributed by atoms with E-state index >= 15 is 0 Å². The monoisotopic (exact) mass is 260 g/mol. The molecule has 1 N–H and O–H groups in total. The maximum absolute atomic E-state index is 12.5. The Labute approximate surface area is 106 Å². The zero-order chi connectivity index (χ0) is 13.6. The van der Waals surface area contributed by atoms with E-state index in [0.29, 0.717) is 18.8 Å². The second-order valence-electron chi connectivity index (χ2n) is 4.04. The summed E-state index contributed by atoms with van der Waals surface area (Å²) in [4.78, 5) is 1.35. The number of anilines is 1. The van der Waals surface area contributed by atoms with Crippen molar-refractivity contribution in [2.45, 2.75) is 26.6 Å². The molecule has 102 valence electrons. The highest BCUT2D eigenvalue weighted by atomic mass is 19.4. The van der Waals surface area contributed by atoms with E-state index in [1.165, 1.54) is 4.90 Å². The maximum Gasteiger partial charge on any atom is 0.405 e. The maximum atomic E-state index is 12.5. The van der Waals surface area contributed by atoms with Crippen molar-refractivity contribution in [2.75, 3.05) is 24.5 Å². The smallest absolute Gasteiger partial charge is 0.363 e. The van der Waals surface area contributed by atoms with Crippen molar-refractivity contribution in [1.82, 2.24) is 5.32 Å². The molecule has 0 aromatic heterocycles. The highest BCUT2D eigenvalue weighted by Gasteiger charge is 2.30. The molecule has 1 aromatic rings. The Bertz CT molecular complexity index is 363. The van der Waals surface area contributed by atoms with E-state index in [1.807, 2.05) is 19.1 Å². The Kier molecular flexibility index (Phi) is 5.47. The number of para-hydroxylation sites is 1. The SMILES string of the molecule is CCNCc1ccccc1N(CC)CC(F)(F)F. The van der Waals surface area contributed by atoms with Crippen LogP contribution in [-0.4, -0.2) is 25.8 Å². The van der Waals surface area contributed by atoms with Crippen LogP contribution in [0.2, 0.25) is 0 Å². The molecule has 18 heavy (non-hydrogen) atoms. The number of nitrogens with one attached hydrogen (secondary N) is 1. The van der Waals surface area contributed by atoms with Crippen molar-refractivity contribution in [3.05, 3.63) is 29.8 Å². The lowest BCUT2D eigenvalue weighted by atomic mass is 10.1. The average Bonchev–Trinajstić information content (AvgIpc) is 2.33. The third-order valence-corrected chi connectivity index (χ3v) is 2.65. The number of halogens is 3. The van der Waals surface area contributed by atoms with Crippen LogP contribution in [0, 0.1) is 0 Å². The highest BCUT2D eigenvalue weighted by Crippen LogP contribution is 2.25. The van der Waals surface area contributed by atoms with Gasteiger partial charge in [-0.15, -0.1) is 0 Å². The molecule has 1 rings (SSSR count). The molecule has 0 heterocycles. The van der Waals surface area contributed by atoms with Crippen LogP contribution in [0.15, 0.2) is 24.3 Å².